The van der Waals surface area contributed by atoms with Crippen molar-refractivity contribution >= 4 is 17.7 Å². The molecular weight excluding hydrogens is 418 g/mol. The van der Waals surface area contributed by atoms with Gasteiger partial charge in [0.1, 0.15) is 11.6 Å². The summed E-state index contributed by atoms with van der Waals surface area (Å²) < 4.78 is 29.7. The van der Waals surface area contributed by atoms with E-state index in [0.717, 1.165) is 31.1 Å². The molecule has 1 aliphatic heterocycles. The summed E-state index contributed by atoms with van der Waals surface area (Å²) in [4.78, 5) is 14.7. The van der Waals surface area contributed by atoms with Crippen LogP contribution in [0.15, 0.2) is 53.7 Å². The van der Waals surface area contributed by atoms with Crippen LogP contribution in [0.1, 0.15) is 20.3 Å². The third-order valence-corrected chi connectivity index (χ3v) is 6.28. The van der Waals surface area contributed by atoms with Crippen molar-refractivity contribution in [1.82, 2.24) is 19.7 Å². The van der Waals surface area contributed by atoms with Crippen LogP contribution in [0.2, 0.25) is 0 Å². The zero-order valence-electron chi connectivity index (χ0n) is 17.5. The molecular formula is C23H24F2N4OS. The quantitative estimate of drug-likeness (QED) is 0.532. The second-order valence-electron chi connectivity index (χ2n) is 8.14. The van der Waals surface area contributed by atoms with Gasteiger partial charge in [0, 0.05) is 24.7 Å². The topological polar surface area (TPSA) is 51.0 Å². The van der Waals surface area contributed by atoms with E-state index in [1.165, 1.54) is 23.9 Å². The van der Waals surface area contributed by atoms with E-state index >= 15 is 0 Å². The number of hydrogen-bond acceptors (Lipinski definition) is 4. The number of carbonyl (C=O) groups excluding carboxylic acids is 1. The Balaban J connectivity index is 1.63. The molecule has 2 heterocycles. The number of halogens is 2. The molecule has 0 bridgehead atoms. The SMILES string of the molecule is CC1CC(C)CN(C(=O)CSc2nnc(-c3ccccc3)n2-c2ccc(F)cc2F)C1. The second kappa shape index (κ2) is 9.18. The number of carbonyl (C=O) groups is 1. The third-order valence-electron chi connectivity index (χ3n) is 5.36. The molecule has 8 heteroatoms. The Morgan fingerprint density at radius 3 is 2.45 bits per heavy atom. The predicted molar refractivity (Wildman–Crippen MR) is 117 cm³/mol. The molecule has 1 saturated heterocycles. The first-order chi connectivity index (χ1) is 14.9. The van der Waals surface area contributed by atoms with Gasteiger partial charge in [-0.25, -0.2) is 8.78 Å². The number of likely N-dealkylation sites (tertiary alicyclic amines) is 1. The van der Waals surface area contributed by atoms with E-state index in [1.807, 2.05) is 35.2 Å². The van der Waals surface area contributed by atoms with Crippen molar-refractivity contribution in [3.05, 3.63) is 60.2 Å². The van der Waals surface area contributed by atoms with E-state index in [4.69, 9.17) is 0 Å². The first-order valence-corrected chi connectivity index (χ1v) is 11.3. The number of thioether (sulfide) groups is 1. The summed E-state index contributed by atoms with van der Waals surface area (Å²) in [5.74, 6) is 0.200. The highest BCUT2D eigenvalue weighted by Crippen LogP contribution is 2.30. The minimum atomic E-state index is -0.719. The van der Waals surface area contributed by atoms with E-state index in [9.17, 15) is 13.6 Å². The Kier molecular flexibility index (Phi) is 6.36. The van der Waals surface area contributed by atoms with Gasteiger partial charge in [-0.15, -0.1) is 10.2 Å². The van der Waals surface area contributed by atoms with Crippen LogP contribution in [0.4, 0.5) is 8.78 Å². The van der Waals surface area contributed by atoms with Crippen LogP contribution in [0, 0.1) is 23.5 Å². The lowest BCUT2D eigenvalue weighted by Crippen LogP contribution is -2.43. The molecule has 1 aromatic heterocycles. The lowest BCUT2D eigenvalue weighted by atomic mass is 9.92. The van der Waals surface area contributed by atoms with Gasteiger partial charge in [-0.2, -0.15) is 0 Å². The second-order valence-corrected chi connectivity index (χ2v) is 9.08. The maximum absolute atomic E-state index is 14.7. The Morgan fingerprint density at radius 2 is 1.77 bits per heavy atom. The number of nitrogens with zero attached hydrogens (tertiary/aromatic N) is 4. The molecule has 0 N–H and O–H groups in total. The van der Waals surface area contributed by atoms with Crippen LogP contribution in [0.3, 0.4) is 0 Å². The molecule has 3 aromatic rings. The summed E-state index contributed by atoms with van der Waals surface area (Å²) in [5, 5.41) is 8.86. The summed E-state index contributed by atoms with van der Waals surface area (Å²) in [5.41, 5.74) is 0.885. The minimum absolute atomic E-state index is 0.0267. The molecule has 2 atom stereocenters. The Labute approximate surface area is 184 Å². The molecule has 162 valence electrons. The average molecular weight is 443 g/mol. The van der Waals surface area contributed by atoms with E-state index in [0.29, 0.717) is 22.8 Å². The van der Waals surface area contributed by atoms with Crippen molar-refractivity contribution in [2.45, 2.75) is 25.4 Å². The summed E-state index contributed by atoms with van der Waals surface area (Å²) >= 11 is 1.21. The van der Waals surface area contributed by atoms with E-state index < -0.39 is 11.6 Å². The van der Waals surface area contributed by atoms with Gasteiger partial charge in [-0.1, -0.05) is 55.9 Å². The van der Waals surface area contributed by atoms with Gasteiger partial charge in [0.05, 0.1) is 11.4 Å². The van der Waals surface area contributed by atoms with Crippen LogP contribution in [0.25, 0.3) is 17.1 Å². The van der Waals surface area contributed by atoms with Gasteiger partial charge in [0.15, 0.2) is 11.0 Å². The van der Waals surface area contributed by atoms with Crippen LogP contribution in [0.5, 0.6) is 0 Å². The van der Waals surface area contributed by atoms with E-state index in [-0.39, 0.29) is 17.3 Å². The lowest BCUT2D eigenvalue weighted by molar-refractivity contribution is -0.130. The summed E-state index contributed by atoms with van der Waals surface area (Å²) in [6.45, 7) is 5.81. The van der Waals surface area contributed by atoms with Crippen LogP contribution in [-0.2, 0) is 4.79 Å². The molecule has 0 spiro atoms. The lowest BCUT2D eigenvalue weighted by Gasteiger charge is -2.34. The fourth-order valence-electron chi connectivity index (χ4n) is 4.10. The highest BCUT2D eigenvalue weighted by atomic mass is 32.2. The number of rotatable bonds is 5. The van der Waals surface area contributed by atoms with Crippen LogP contribution < -0.4 is 0 Å². The van der Waals surface area contributed by atoms with Gasteiger partial charge >= 0.3 is 0 Å². The van der Waals surface area contributed by atoms with Gasteiger partial charge < -0.3 is 4.90 Å². The first-order valence-electron chi connectivity index (χ1n) is 10.3. The summed E-state index contributed by atoms with van der Waals surface area (Å²) in [6.07, 6.45) is 1.12. The first kappa shape index (κ1) is 21.5. The fourth-order valence-corrected chi connectivity index (χ4v) is 4.95. The standard InChI is InChI=1S/C23H24F2N4OS/c1-15-10-16(2)13-28(12-15)21(30)14-31-23-27-26-22(17-6-4-3-5-7-17)29(23)20-9-8-18(24)11-19(20)25/h3-9,11,15-16H,10,12-14H2,1-2H3. The van der Waals surface area contributed by atoms with Gasteiger partial charge in [0.2, 0.25) is 5.91 Å². The van der Waals surface area contributed by atoms with Crippen molar-refractivity contribution in [1.29, 1.82) is 0 Å². The molecule has 2 unspecified atom stereocenters. The molecule has 0 aliphatic carbocycles. The smallest absolute Gasteiger partial charge is 0.233 e. The maximum Gasteiger partial charge on any atom is 0.233 e. The number of aromatic nitrogens is 3. The van der Waals surface area contributed by atoms with Crippen molar-refractivity contribution in [2.75, 3.05) is 18.8 Å². The van der Waals surface area contributed by atoms with Crippen LogP contribution in [-0.4, -0.2) is 44.4 Å². The van der Waals surface area contributed by atoms with E-state index in [1.54, 1.807) is 4.57 Å². The molecule has 31 heavy (non-hydrogen) atoms. The predicted octanol–water partition coefficient (Wildman–Crippen LogP) is 4.81. The highest BCUT2D eigenvalue weighted by molar-refractivity contribution is 7.99. The monoisotopic (exact) mass is 442 g/mol. The van der Waals surface area contributed by atoms with Gasteiger partial charge in [0.25, 0.3) is 0 Å². The highest BCUT2D eigenvalue weighted by Gasteiger charge is 2.26. The van der Waals surface area contributed by atoms with Crippen LogP contribution >= 0.6 is 11.8 Å². The number of hydrogen-bond donors (Lipinski definition) is 0. The largest absolute Gasteiger partial charge is 0.341 e. The molecule has 1 fully saturated rings. The molecule has 4 rings (SSSR count). The number of benzene rings is 2. The van der Waals surface area contributed by atoms with Gasteiger partial charge in [-0.3, -0.25) is 9.36 Å². The Morgan fingerprint density at radius 1 is 1.06 bits per heavy atom. The zero-order valence-corrected chi connectivity index (χ0v) is 18.3. The van der Waals surface area contributed by atoms with Crippen molar-refractivity contribution in [2.24, 2.45) is 11.8 Å². The van der Waals surface area contributed by atoms with Crippen molar-refractivity contribution < 1.29 is 13.6 Å². The zero-order chi connectivity index (χ0) is 22.0. The molecule has 0 saturated carbocycles. The third kappa shape index (κ3) is 4.79. The molecule has 0 radical (unpaired) electrons. The normalized spacial score (nSPS) is 18.9. The summed E-state index contributed by atoms with van der Waals surface area (Å²) in [7, 11) is 0. The Hall–Kier alpha value is -2.74. The number of amides is 1. The molecule has 2 aromatic carbocycles. The minimum Gasteiger partial charge on any atom is -0.341 e. The van der Waals surface area contributed by atoms with Gasteiger partial charge in [-0.05, 0) is 30.4 Å². The fraction of sp³-hybridized carbons (Fsp3) is 0.348. The van der Waals surface area contributed by atoms with Crippen molar-refractivity contribution in [3.8, 4) is 17.1 Å². The molecule has 5 nitrogen and oxygen atoms in total. The number of piperidine rings is 1. The average Bonchev–Trinajstić information content (AvgIpc) is 3.15. The molecule has 1 aliphatic rings. The van der Waals surface area contributed by atoms with Crippen molar-refractivity contribution in [3.63, 3.8) is 0 Å². The van der Waals surface area contributed by atoms with E-state index in [2.05, 4.69) is 24.0 Å². The maximum atomic E-state index is 14.7. The summed E-state index contributed by atoms with van der Waals surface area (Å²) in [6, 6.07) is 12.7. The molecule has 1 amide bonds. The Bertz CT molecular complexity index is 1060.